The number of thiophene rings is 1. The molecule has 0 saturated heterocycles. The van der Waals surface area contributed by atoms with Gasteiger partial charge < -0.3 is 9.84 Å². The molecule has 1 N–H and O–H groups in total. The smallest absolute Gasteiger partial charge is 0.125 e. The van der Waals surface area contributed by atoms with E-state index in [1.165, 1.54) is 4.88 Å². The Balaban J connectivity index is 2.29. The maximum absolute atomic E-state index is 10.7. The van der Waals surface area contributed by atoms with Gasteiger partial charge in [0.15, 0.2) is 0 Å². The van der Waals surface area contributed by atoms with Crippen LogP contribution in [0.5, 0.6) is 0 Å². The zero-order chi connectivity index (χ0) is 10.9. The summed E-state index contributed by atoms with van der Waals surface area (Å²) in [6.45, 7) is 2.07. The van der Waals surface area contributed by atoms with E-state index >= 15 is 0 Å². The highest BCUT2D eigenvalue weighted by Gasteiger charge is 2.41. The van der Waals surface area contributed by atoms with Gasteiger partial charge >= 0.3 is 0 Å². The fourth-order valence-corrected chi connectivity index (χ4v) is 3.42. The molecule has 1 aliphatic carbocycles. The molecule has 15 heavy (non-hydrogen) atoms. The third-order valence-electron chi connectivity index (χ3n) is 3.26. The van der Waals surface area contributed by atoms with Crippen LogP contribution in [0.25, 0.3) is 0 Å². The van der Waals surface area contributed by atoms with E-state index in [2.05, 4.69) is 13.0 Å². The summed E-state index contributed by atoms with van der Waals surface area (Å²) in [6.07, 6.45) is 4.00. The second kappa shape index (κ2) is 4.24. The average Bonchev–Trinajstić information content (AvgIpc) is 2.66. The standard InChI is InChI=1S/C12H18O2S/c1-9-6-7-11(15-9)12(13)8-4-3-5-10(12)14-2/h6-7,10,13H,3-5,8H2,1-2H3. The molecule has 0 bridgehead atoms. The molecule has 1 aromatic rings. The van der Waals surface area contributed by atoms with Crippen molar-refractivity contribution in [2.24, 2.45) is 0 Å². The fraction of sp³-hybridized carbons (Fsp3) is 0.667. The predicted octanol–water partition coefficient (Wildman–Crippen LogP) is 2.83. The van der Waals surface area contributed by atoms with Gasteiger partial charge in [-0.1, -0.05) is 12.8 Å². The highest BCUT2D eigenvalue weighted by atomic mass is 32.1. The van der Waals surface area contributed by atoms with Crippen LogP contribution in [0.4, 0.5) is 0 Å². The zero-order valence-electron chi connectivity index (χ0n) is 9.32. The van der Waals surface area contributed by atoms with Crippen LogP contribution in [0.3, 0.4) is 0 Å². The maximum atomic E-state index is 10.7. The molecule has 3 heteroatoms. The molecule has 2 rings (SSSR count). The number of aryl methyl sites for hydroxylation is 1. The first kappa shape index (κ1) is 11.1. The third kappa shape index (κ3) is 1.96. The SMILES string of the molecule is COC1CCCCC1(O)c1ccc(C)s1. The Morgan fingerprint density at radius 2 is 2.27 bits per heavy atom. The summed E-state index contributed by atoms with van der Waals surface area (Å²) in [5.41, 5.74) is -0.744. The van der Waals surface area contributed by atoms with E-state index in [-0.39, 0.29) is 6.10 Å². The Bertz CT molecular complexity index is 334. The topological polar surface area (TPSA) is 29.5 Å². The summed E-state index contributed by atoms with van der Waals surface area (Å²) >= 11 is 1.68. The van der Waals surface area contributed by atoms with Crippen molar-refractivity contribution in [2.45, 2.75) is 44.3 Å². The summed E-state index contributed by atoms with van der Waals surface area (Å²) in [4.78, 5) is 2.31. The van der Waals surface area contributed by atoms with Crippen LogP contribution in [-0.2, 0) is 10.3 Å². The molecule has 1 fully saturated rings. The van der Waals surface area contributed by atoms with E-state index in [0.717, 1.165) is 30.6 Å². The van der Waals surface area contributed by atoms with Gasteiger partial charge in [0.05, 0.1) is 6.10 Å². The van der Waals surface area contributed by atoms with Gasteiger partial charge in [-0.2, -0.15) is 0 Å². The predicted molar refractivity (Wildman–Crippen MR) is 62.2 cm³/mol. The summed E-state index contributed by atoms with van der Waals surface area (Å²) < 4.78 is 5.43. The van der Waals surface area contributed by atoms with Crippen molar-refractivity contribution in [1.29, 1.82) is 0 Å². The van der Waals surface area contributed by atoms with Crippen molar-refractivity contribution in [3.63, 3.8) is 0 Å². The molecular formula is C12H18O2S. The molecule has 2 unspecified atom stereocenters. The van der Waals surface area contributed by atoms with E-state index in [9.17, 15) is 5.11 Å². The van der Waals surface area contributed by atoms with Gasteiger partial charge in [-0.3, -0.25) is 0 Å². The Morgan fingerprint density at radius 3 is 2.87 bits per heavy atom. The monoisotopic (exact) mass is 226 g/mol. The largest absolute Gasteiger partial charge is 0.382 e. The molecule has 0 spiro atoms. The van der Waals surface area contributed by atoms with Gasteiger partial charge in [0, 0.05) is 16.9 Å². The fourth-order valence-electron chi connectivity index (χ4n) is 2.39. The van der Waals surface area contributed by atoms with Gasteiger partial charge in [-0.25, -0.2) is 0 Å². The molecule has 0 aliphatic heterocycles. The molecule has 84 valence electrons. The molecule has 2 nitrogen and oxygen atoms in total. The second-order valence-electron chi connectivity index (χ2n) is 4.30. The minimum atomic E-state index is -0.744. The van der Waals surface area contributed by atoms with Crippen LogP contribution in [-0.4, -0.2) is 18.3 Å². The van der Waals surface area contributed by atoms with Crippen LogP contribution < -0.4 is 0 Å². The Labute approximate surface area is 94.9 Å². The quantitative estimate of drug-likeness (QED) is 0.840. The van der Waals surface area contributed by atoms with E-state index < -0.39 is 5.60 Å². The maximum Gasteiger partial charge on any atom is 0.125 e. The number of rotatable bonds is 2. The van der Waals surface area contributed by atoms with E-state index in [1.54, 1.807) is 18.4 Å². The van der Waals surface area contributed by atoms with Crippen molar-refractivity contribution in [1.82, 2.24) is 0 Å². The molecule has 0 amide bonds. The van der Waals surface area contributed by atoms with Crippen molar-refractivity contribution in [3.05, 3.63) is 21.9 Å². The Morgan fingerprint density at radius 1 is 1.47 bits per heavy atom. The lowest BCUT2D eigenvalue weighted by Crippen LogP contribution is -2.42. The number of aliphatic hydroxyl groups is 1. The summed E-state index contributed by atoms with van der Waals surface area (Å²) in [6, 6.07) is 4.11. The van der Waals surface area contributed by atoms with E-state index in [1.807, 2.05) is 6.07 Å². The lowest BCUT2D eigenvalue weighted by molar-refractivity contribution is -0.120. The molecule has 2 atom stereocenters. The van der Waals surface area contributed by atoms with Gasteiger partial charge in [0.2, 0.25) is 0 Å². The molecule has 1 aromatic heterocycles. The minimum absolute atomic E-state index is 0.0377. The molecule has 1 saturated carbocycles. The highest BCUT2D eigenvalue weighted by molar-refractivity contribution is 7.12. The van der Waals surface area contributed by atoms with Gasteiger partial charge in [-0.05, 0) is 31.9 Å². The molecule has 0 aromatic carbocycles. The van der Waals surface area contributed by atoms with Crippen molar-refractivity contribution >= 4 is 11.3 Å². The van der Waals surface area contributed by atoms with E-state index in [0.29, 0.717) is 0 Å². The lowest BCUT2D eigenvalue weighted by Gasteiger charge is -2.38. The lowest BCUT2D eigenvalue weighted by atomic mass is 9.81. The Kier molecular flexibility index (Phi) is 3.14. The normalized spacial score (nSPS) is 31.8. The molecule has 1 aliphatic rings. The minimum Gasteiger partial charge on any atom is -0.382 e. The van der Waals surface area contributed by atoms with Crippen LogP contribution in [0, 0.1) is 6.92 Å². The van der Waals surface area contributed by atoms with Crippen molar-refractivity contribution in [3.8, 4) is 0 Å². The number of hydrogen-bond acceptors (Lipinski definition) is 3. The van der Waals surface area contributed by atoms with Crippen LogP contribution in [0.1, 0.15) is 35.4 Å². The van der Waals surface area contributed by atoms with Crippen LogP contribution >= 0.6 is 11.3 Å². The summed E-state index contributed by atoms with van der Waals surface area (Å²) in [5.74, 6) is 0. The summed E-state index contributed by atoms with van der Waals surface area (Å²) in [7, 11) is 1.70. The van der Waals surface area contributed by atoms with Crippen molar-refractivity contribution < 1.29 is 9.84 Å². The van der Waals surface area contributed by atoms with Gasteiger partial charge in [-0.15, -0.1) is 11.3 Å². The van der Waals surface area contributed by atoms with Crippen LogP contribution in [0.15, 0.2) is 12.1 Å². The first-order valence-corrected chi connectivity index (χ1v) is 6.30. The Hall–Kier alpha value is -0.380. The first-order chi connectivity index (χ1) is 7.16. The first-order valence-electron chi connectivity index (χ1n) is 5.49. The average molecular weight is 226 g/mol. The van der Waals surface area contributed by atoms with Crippen molar-refractivity contribution in [2.75, 3.05) is 7.11 Å². The third-order valence-corrected chi connectivity index (χ3v) is 4.43. The summed E-state index contributed by atoms with van der Waals surface area (Å²) in [5, 5.41) is 10.7. The van der Waals surface area contributed by atoms with Gasteiger partial charge in [0.1, 0.15) is 5.60 Å². The number of ether oxygens (including phenoxy) is 1. The zero-order valence-corrected chi connectivity index (χ0v) is 10.1. The number of hydrogen-bond donors (Lipinski definition) is 1. The second-order valence-corrected chi connectivity index (χ2v) is 5.59. The molecule has 0 radical (unpaired) electrons. The molecular weight excluding hydrogens is 208 g/mol. The number of methoxy groups -OCH3 is 1. The van der Waals surface area contributed by atoms with Gasteiger partial charge in [0.25, 0.3) is 0 Å². The van der Waals surface area contributed by atoms with Crippen LogP contribution in [0.2, 0.25) is 0 Å². The highest BCUT2D eigenvalue weighted by Crippen LogP contribution is 2.41. The molecule has 1 heterocycles. The van der Waals surface area contributed by atoms with E-state index in [4.69, 9.17) is 4.74 Å².